The van der Waals surface area contributed by atoms with Gasteiger partial charge in [0, 0.05) is 8.95 Å². The summed E-state index contributed by atoms with van der Waals surface area (Å²) in [4.78, 5) is 12.3. The van der Waals surface area contributed by atoms with Gasteiger partial charge < -0.3 is 9.84 Å². The van der Waals surface area contributed by atoms with E-state index in [9.17, 15) is 4.79 Å². The number of carbonyl (C=O) groups excluding carboxylic acids is 1. The highest BCUT2D eigenvalue weighted by atomic mass is 79.9. The maximum atomic E-state index is 12.3. The van der Waals surface area contributed by atoms with Crippen molar-refractivity contribution in [2.75, 3.05) is 5.32 Å². The summed E-state index contributed by atoms with van der Waals surface area (Å²) >= 11 is 6.78. The lowest BCUT2D eigenvalue weighted by Crippen LogP contribution is -2.14. The number of aromatic nitrogens is 1. The topological polar surface area (TPSA) is 55.1 Å². The molecule has 0 bridgehead atoms. The smallest absolute Gasteiger partial charge is 0.261 e. The third-order valence-corrected chi connectivity index (χ3v) is 3.82. The van der Waals surface area contributed by atoms with E-state index in [2.05, 4.69) is 42.3 Å². The Kier molecular flexibility index (Phi) is 4.42. The first kappa shape index (κ1) is 14.3. The Labute approximate surface area is 127 Å². The van der Waals surface area contributed by atoms with E-state index in [1.54, 1.807) is 6.92 Å². The molecule has 100 valence electrons. The summed E-state index contributed by atoms with van der Waals surface area (Å²) in [7, 11) is 0. The average molecular weight is 388 g/mol. The molecule has 1 N–H and O–H groups in total. The normalized spacial score (nSPS) is 10.5. The van der Waals surface area contributed by atoms with Crippen molar-refractivity contribution < 1.29 is 9.32 Å². The fraction of sp³-hybridized carbons (Fsp3) is 0.231. The summed E-state index contributed by atoms with van der Waals surface area (Å²) in [5.74, 6) is 0.321. The van der Waals surface area contributed by atoms with Gasteiger partial charge in [0.1, 0.15) is 11.3 Å². The average Bonchev–Trinajstić information content (AvgIpc) is 2.74. The number of hydrogen-bond acceptors (Lipinski definition) is 3. The van der Waals surface area contributed by atoms with Crippen molar-refractivity contribution >= 4 is 43.5 Å². The van der Waals surface area contributed by atoms with E-state index < -0.39 is 0 Å². The fourth-order valence-electron chi connectivity index (χ4n) is 1.73. The molecule has 0 atom stereocenters. The third kappa shape index (κ3) is 3.06. The maximum absolute atomic E-state index is 12.3. The van der Waals surface area contributed by atoms with Gasteiger partial charge >= 0.3 is 0 Å². The molecule has 0 saturated carbocycles. The van der Waals surface area contributed by atoms with Crippen LogP contribution in [0.1, 0.15) is 28.7 Å². The zero-order chi connectivity index (χ0) is 14.0. The molecular formula is C13H12Br2N2O2. The maximum Gasteiger partial charge on any atom is 0.261 e. The van der Waals surface area contributed by atoms with E-state index >= 15 is 0 Å². The quantitative estimate of drug-likeness (QED) is 0.852. The largest absolute Gasteiger partial charge is 0.361 e. The Bertz CT molecular complexity index is 623. The molecule has 0 aliphatic rings. The van der Waals surface area contributed by atoms with Crippen LogP contribution in [0.4, 0.5) is 5.69 Å². The van der Waals surface area contributed by atoms with Gasteiger partial charge in [-0.15, -0.1) is 0 Å². The number of nitrogens with one attached hydrogen (secondary N) is 1. The van der Waals surface area contributed by atoms with E-state index in [0.717, 1.165) is 8.95 Å². The lowest BCUT2D eigenvalue weighted by molar-refractivity contribution is 0.102. The Morgan fingerprint density at radius 3 is 2.79 bits per heavy atom. The molecule has 19 heavy (non-hydrogen) atoms. The van der Waals surface area contributed by atoms with Crippen LogP contribution in [0, 0.1) is 6.92 Å². The molecule has 0 fully saturated rings. The molecule has 1 amide bonds. The zero-order valence-electron chi connectivity index (χ0n) is 10.5. The highest BCUT2D eigenvalue weighted by molar-refractivity contribution is 9.11. The zero-order valence-corrected chi connectivity index (χ0v) is 13.6. The van der Waals surface area contributed by atoms with Gasteiger partial charge in [0.15, 0.2) is 0 Å². The van der Waals surface area contributed by atoms with Crippen LogP contribution in [0.25, 0.3) is 0 Å². The molecule has 2 rings (SSSR count). The molecular weight excluding hydrogens is 376 g/mol. The number of nitrogens with zero attached hydrogens (tertiary/aromatic N) is 1. The number of aryl methyl sites for hydroxylation is 2. The van der Waals surface area contributed by atoms with Crippen molar-refractivity contribution in [1.82, 2.24) is 5.16 Å². The molecule has 0 spiro atoms. The van der Waals surface area contributed by atoms with Crippen LogP contribution in [0.2, 0.25) is 0 Å². The fourth-order valence-corrected chi connectivity index (χ4v) is 2.87. The van der Waals surface area contributed by atoms with Crippen molar-refractivity contribution in [3.63, 3.8) is 0 Å². The summed E-state index contributed by atoms with van der Waals surface area (Å²) in [6, 6.07) is 5.55. The molecule has 1 heterocycles. The molecule has 0 aliphatic carbocycles. The lowest BCUT2D eigenvalue weighted by atomic mass is 10.1. The predicted octanol–water partition coefficient (Wildman–Crippen LogP) is 4.32. The number of hydrogen-bond donors (Lipinski definition) is 1. The molecule has 4 nitrogen and oxygen atoms in total. The van der Waals surface area contributed by atoms with E-state index in [0.29, 0.717) is 29.1 Å². The molecule has 1 aromatic carbocycles. The monoisotopic (exact) mass is 386 g/mol. The predicted molar refractivity (Wildman–Crippen MR) is 80.4 cm³/mol. The van der Waals surface area contributed by atoms with Gasteiger partial charge in [-0.2, -0.15) is 0 Å². The molecule has 6 heteroatoms. The summed E-state index contributed by atoms with van der Waals surface area (Å²) < 4.78 is 6.81. The minimum atomic E-state index is -0.210. The standard InChI is InChI=1S/C13H12Br2N2O2/c1-3-10-12(7(2)19-17-10)13(18)16-11-5-4-8(14)6-9(11)15/h4-6H,3H2,1-2H3,(H,16,18). The van der Waals surface area contributed by atoms with Crippen LogP contribution in [0.5, 0.6) is 0 Å². The van der Waals surface area contributed by atoms with Gasteiger partial charge in [0.2, 0.25) is 0 Å². The van der Waals surface area contributed by atoms with Gasteiger partial charge in [-0.25, -0.2) is 0 Å². The second-order valence-electron chi connectivity index (χ2n) is 3.99. The first-order chi connectivity index (χ1) is 9.02. The van der Waals surface area contributed by atoms with Crippen LogP contribution < -0.4 is 5.32 Å². The van der Waals surface area contributed by atoms with Crippen molar-refractivity contribution in [3.05, 3.63) is 44.2 Å². The Morgan fingerprint density at radius 1 is 1.42 bits per heavy atom. The highest BCUT2D eigenvalue weighted by Crippen LogP contribution is 2.27. The van der Waals surface area contributed by atoms with Gasteiger partial charge in [0.05, 0.1) is 11.4 Å². The van der Waals surface area contributed by atoms with Crippen LogP contribution in [0.3, 0.4) is 0 Å². The first-order valence-electron chi connectivity index (χ1n) is 5.74. The SMILES string of the molecule is CCc1noc(C)c1C(=O)Nc1ccc(Br)cc1Br. The van der Waals surface area contributed by atoms with Crippen molar-refractivity contribution in [2.45, 2.75) is 20.3 Å². The molecule has 0 aliphatic heterocycles. The number of anilines is 1. The first-order valence-corrected chi connectivity index (χ1v) is 7.33. The minimum absolute atomic E-state index is 0.210. The van der Waals surface area contributed by atoms with E-state index in [1.165, 1.54) is 0 Å². The Morgan fingerprint density at radius 2 is 2.16 bits per heavy atom. The second kappa shape index (κ2) is 5.88. The number of halogens is 2. The molecule has 0 radical (unpaired) electrons. The summed E-state index contributed by atoms with van der Waals surface area (Å²) in [6.45, 7) is 3.67. The summed E-state index contributed by atoms with van der Waals surface area (Å²) in [5.41, 5.74) is 1.89. The lowest BCUT2D eigenvalue weighted by Gasteiger charge is -2.07. The summed E-state index contributed by atoms with van der Waals surface area (Å²) in [5, 5.41) is 6.73. The van der Waals surface area contributed by atoms with Crippen LogP contribution in [-0.2, 0) is 6.42 Å². The number of rotatable bonds is 3. The van der Waals surface area contributed by atoms with Gasteiger partial charge in [-0.3, -0.25) is 4.79 Å². The van der Waals surface area contributed by atoms with Gasteiger partial charge in [0.25, 0.3) is 5.91 Å². The molecule has 0 saturated heterocycles. The molecule has 0 unspecified atom stereocenters. The summed E-state index contributed by atoms with van der Waals surface area (Å²) in [6.07, 6.45) is 0.654. The Balaban J connectivity index is 2.28. The second-order valence-corrected chi connectivity index (χ2v) is 5.76. The number of amides is 1. The highest BCUT2D eigenvalue weighted by Gasteiger charge is 2.19. The van der Waals surface area contributed by atoms with Crippen LogP contribution >= 0.6 is 31.9 Å². The van der Waals surface area contributed by atoms with Gasteiger partial charge in [-0.1, -0.05) is 28.0 Å². The van der Waals surface area contributed by atoms with Crippen LogP contribution in [0.15, 0.2) is 31.7 Å². The number of carbonyl (C=O) groups is 1. The third-order valence-electron chi connectivity index (χ3n) is 2.67. The van der Waals surface area contributed by atoms with E-state index in [4.69, 9.17) is 4.52 Å². The van der Waals surface area contributed by atoms with Gasteiger partial charge in [-0.05, 0) is 47.5 Å². The van der Waals surface area contributed by atoms with Crippen molar-refractivity contribution in [2.24, 2.45) is 0 Å². The number of benzene rings is 1. The van der Waals surface area contributed by atoms with E-state index in [-0.39, 0.29) is 5.91 Å². The van der Waals surface area contributed by atoms with Crippen LogP contribution in [-0.4, -0.2) is 11.1 Å². The Hall–Kier alpha value is -1.14. The molecule has 1 aromatic heterocycles. The minimum Gasteiger partial charge on any atom is -0.361 e. The van der Waals surface area contributed by atoms with Crippen molar-refractivity contribution in [3.8, 4) is 0 Å². The van der Waals surface area contributed by atoms with Crippen molar-refractivity contribution in [1.29, 1.82) is 0 Å². The van der Waals surface area contributed by atoms with E-state index in [1.807, 2.05) is 25.1 Å². The molecule has 2 aromatic rings.